The van der Waals surface area contributed by atoms with Crippen LogP contribution in [0.2, 0.25) is 0 Å². The lowest BCUT2D eigenvalue weighted by Gasteiger charge is -2.33. The predicted octanol–water partition coefficient (Wildman–Crippen LogP) is 2.38. The number of piperidine rings is 1. The van der Waals surface area contributed by atoms with Crippen LogP contribution in [0, 0.1) is 11.3 Å². The third-order valence-electron chi connectivity index (χ3n) is 5.11. The van der Waals surface area contributed by atoms with Gasteiger partial charge in [0.1, 0.15) is 17.5 Å². The van der Waals surface area contributed by atoms with Crippen LogP contribution in [0.3, 0.4) is 0 Å². The van der Waals surface area contributed by atoms with Gasteiger partial charge in [-0.1, -0.05) is 6.58 Å². The molecule has 0 aromatic carbocycles. The standard InChI is InChI=1S/C20H23N9O/c1-3-16(30)28-7-5-6-14(11-28)24-19-17-13(8-21)9-22-18(17)26-20(27-19)25-15-10-23-29(4-2)12-15/h3,9-10,12,14H,1,4-7,11H2,2H3,(H3,22,24,25,26,27)/t14-/m1/s1. The molecule has 30 heavy (non-hydrogen) atoms. The van der Waals surface area contributed by atoms with Crippen LogP contribution in [0.15, 0.2) is 31.2 Å². The monoisotopic (exact) mass is 405 g/mol. The van der Waals surface area contributed by atoms with E-state index in [9.17, 15) is 10.1 Å². The molecule has 10 heteroatoms. The van der Waals surface area contributed by atoms with Gasteiger partial charge in [-0.25, -0.2) is 0 Å². The molecule has 0 spiro atoms. The van der Waals surface area contributed by atoms with E-state index in [2.05, 4.69) is 43.3 Å². The van der Waals surface area contributed by atoms with Crippen molar-refractivity contribution in [1.29, 1.82) is 5.26 Å². The van der Waals surface area contributed by atoms with Gasteiger partial charge in [-0.2, -0.15) is 20.3 Å². The molecule has 0 radical (unpaired) electrons. The first-order valence-electron chi connectivity index (χ1n) is 9.87. The molecule has 1 saturated heterocycles. The fraction of sp³-hybridized carbons (Fsp3) is 0.350. The summed E-state index contributed by atoms with van der Waals surface area (Å²) in [6.07, 6.45) is 8.31. The number of aromatic nitrogens is 5. The van der Waals surface area contributed by atoms with Crippen LogP contribution in [-0.2, 0) is 11.3 Å². The lowest BCUT2D eigenvalue weighted by Crippen LogP contribution is -2.44. The number of rotatable bonds is 6. The average molecular weight is 405 g/mol. The van der Waals surface area contributed by atoms with Crippen molar-refractivity contribution < 1.29 is 4.79 Å². The molecule has 0 saturated carbocycles. The van der Waals surface area contributed by atoms with Crippen LogP contribution in [0.25, 0.3) is 11.0 Å². The van der Waals surface area contributed by atoms with Gasteiger partial charge >= 0.3 is 0 Å². The molecule has 3 N–H and O–H groups in total. The number of nitrogens with zero attached hydrogens (tertiary/aromatic N) is 6. The molecule has 1 aliphatic heterocycles. The van der Waals surface area contributed by atoms with Crippen molar-refractivity contribution in [2.24, 2.45) is 0 Å². The van der Waals surface area contributed by atoms with E-state index in [-0.39, 0.29) is 11.9 Å². The summed E-state index contributed by atoms with van der Waals surface area (Å²) < 4.78 is 1.80. The Kier molecular flexibility index (Phi) is 5.34. The summed E-state index contributed by atoms with van der Waals surface area (Å²) in [5.41, 5.74) is 1.80. The topological polar surface area (TPSA) is 128 Å². The maximum atomic E-state index is 12.0. The first-order valence-corrected chi connectivity index (χ1v) is 9.87. The third-order valence-corrected chi connectivity index (χ3v) is 5.11. The summed E-state index contributed by atoms with van der Waals surface area (Å²) >= 11 is 0. The Morgan fingerprint density at radius 3 is 3.10 bits per heavy atom. The van der Waals surface area contributed by atoms with Crippen molar-refractivity contribution in [3.05, 3.63) is 36.8 Å². The van der Waals surface area contributed by atoms with E-state index in [4.69, 9.17) is 0 Å². The van der Waals surface area contributed by atoms with Gasteiger partial charge in [0.05, 0.1) is 22.8 Å². The minimum absolute atomic E-state index is 0.0119. The van der Waals surface area contributed by atoms with Crippen LogP contribution >= 0.6 is 0 Å². The summed E-state index contributed by atoms with van der Waals surface area (Å²) in [4.78, 5) is 26.0. The highest BCUT2D eigenvalue weighted by atomic mass is 16.2. The molecule has 1 aliphatic rings. The number of hydrogen-bond acceptors (Lipinski definition) is 7. The summed E-state index contributed by atoms with van der Waals surface area (Å²) in [6.45, 7) is 7.61. The highest BCUT2D eigenvalue weighted by Gasteiger charge is 2.24. The SMILES string of the molecule is C=CC(=O)N1CCC[C@@H](Nc2nc(Nc3cnn(CC)c3)nc3[nH]cc(C#N)c23)C1. The molecule has 1 atom stereocenters. The maximum Gasteiger partial charge on any atom is 0.246 e. The molecule has 0 bridgehead atoms. The highest BCUT2D eigenvalue weighted by molar-refractivity contribution is 5.94. The molecule has 0 aliphatic carbocycles. The first-order chi connectivity index (χ1) is 14.6. The molecule has 1 amide bonds. The maximum absolute atomic E-state index is 12.0. The second-order valence-corrected chi connectivity index (χ2v) is 7.12. The number of likely N-dealkylation sites (tertiary alicyclic amines) is 1. The number of anilines is 3. The van der Waals surface area contributed by atoms with Gasteiger partial charge in [0, 0.05) is 38.1 Å². The molecule has 3 aromatic heterocycles. The van der Waals surface area contributed by atoms with Crippen molar-refractivity contribution in [3.63, 3.8) is 0 Å². The van der Waals surface area contributed by atoms with Gasteiger partial charge in [-0.05, 0) is 25.8 Å². The average Bonchev–Trinajstić information content (AvgIpc) is 3.40. The zero-order valence-electron chi connectivity index (χ0n) is 16.7. The summed E-state index contributed by atoms with van der Waals surface area (Å²) in [7, 11) is 0. The van der Waals surface area contributed by atoms with Gasteiger partial charge < -0.3 is 20.5 Å². The van der Waals surface area contributed by atoms with Gasteiger partial charge in [0.15, 0.2) is 0 Å². The molecule has 154 valence electrons. The molecule has 10 nitrogen and oxygen atoms in total. The Morgan fingerprint density at radius 1 is 1.50 bits per heavy atom. The quantitative estimate of drug-likeness (QED) is 0.537. The van der Waals surface area contributed by atoms with Crippen molar-refractivity contribution in [2.75, 3.05) is 23.7 Å². The van der Waals surface area contributed by atoms with E-state index in [0.717, 1.165) is 25.1 Å². The number of carbonyl (C=O) groups excluding carboxylic acids is 1. The lowest BCUT2D eigenvalue weighted by molar-refractivity contribution is -0.127. The largest absolute Gasteiger partial charge is 0.365 e. The Balaban J connectivity index is 1.64. The number of nitrogens with one attached hydrogen (secondary N) is 3. The molecule has 1 fully saturated rings. The summed E-state index contributed by atoms with van der Waals surface area (Å²) in [5.74, 6) is 0.867. The van der Waals surface area contributed by atoms with Gasteiger partial charge in [-0.15, -0.1) is 0 Å². The van der Waals surface area contributed by atoms with E-state index < -0.39 is 0 Å². The minimum Gasteiger partial charge on any atom is -0.365 e. The molecular formula is C20H23N9O. The van der Waals surface area contributed by atoms with Crippen LogP contribution in [0.1, 0.15) is 25.3 Å². The van der Waals surface area contributed by atoms with Crippen LogP contribution < -0.4 is 10.6 Å². The van der Waals surface area contributed by atoms with Crippen LogP contribution in [0.5, 0.6) is 0 Å². The fourth-order valence-electron chi connectivity index (χ4n) is 3.63. The number of aromatic amines is 1. The molecule has 4 heterocycles. The van der Waals surface area contributed by atoms with Gasteiger partial charge in [0.25, 0.3) is 0 Å². The fourth-order valence-corrected chi connectivity index (χ4v) is 3.63. The predicted molar refractivity (Wildman–Crippen MR) is 113 cm³/mol. The van der Waals surface area contributed by atoms with Gasteiger partial charge in [-0.3, -0.25) is 9.48 Å². The Hall–Kier alpha value is -3.87. The Bertz CT molecular complexity index is 1120. The normalized spacial score (nSPS) is 16.3. The third kappa shape index (κ3) is 3.82. The number of aryl methyl sites for hydroxylation is 1. The van der Waals surface area contributed by atoms with Gasteiger partial charge in [0.2, 0.25) is 11.9 Å². The molecule has 3 aromatic rings. The van der Waals surface area contributed by atoms with Crippen LogP contribution in [0.4, 0.5) is 17.5 Å². The van der Waals surface area contributed by atoms with Crippen LogP contribution in [-0.4, -0.2) is 54.7 Å². The molecular weight excluding hydrogens is 382 g/mol. The molecule has 0 unspecified atom stereocenters. The van der Waals surface area contributed by atoms with E-state index >= 15 is 0 Å². The lowest BCUT2D eigenvalue weighted by atomic mass is 10.1. The zero-order valence-corrected chi connectivity index (χ0v) is 16.7. The Morgan fingerprint density at radius 2 is 2.37 bits per heavy atom. The highest BCUT2D eigenvalue weighted by Crippen LogP contribution is 2.28. The zero-order chi connectivity index (χ0) is 21.1. The number of carbonyl (C=O) groups is 1. The smallest absolute Gasteiger partial charge is 0.246 e. The number of H-pyrrole nitrogens is 1. The summed E-state index contributed by atoms with van der Waals surface area (Å²) in [5, 5.41) is 21.0. The number of hydrogen-bond donors (Lipinski definition) is 3. The van der Waals surface area contributed by atoms with Crippen molar-refractivity contribution in [3.8, 4) is 6.07 Å². The van der Waals surface area contributed by atoms with E-state index in [1.54, 1.807) is 22.0 Å². The second-order valence-electron chi connectivity index (χ2n) is 7.12. The molecule has 4 rings (SSSR count). The van der Waals surface area contributed by atoms with E-state index in [1.165, 1.54) is 6.08 Å². The van der Waals surface area contributed by atoms with E-state index in [1.807, 2.05) is 13.1 Å². The van der Waals surface area contributed by atoms with Crippen molar-refractivity contribution in [1.82, 2.24) is 29.6 Å². The Labute approximate surface area is 173 Å². The second kappa shape index (κ2) is 8.24. The number of fused-ring (bicyclic) bond motifs is 1. The minimum atomic E-state index is -0.0796. The summed E-state index contributed by atoms with van der Waals surface area (Å²) in [6, 6.07) is 2.19. The van der Waals surface area contributed by atoms with Crippen molar-refractivity contribution in [2.45, 2.75) is 32.4 Å². The number of nitriles is 1. The van der Waals surface area contributed by atoms with Crippen molar-refractivity contribution >= 4 is 34.4 Å². The first kappa shape index (κ1) is 19.4. The van der Waals surface area contributed by atoms with E-state index in [0.29, 0.717) is 41.5 Å². The number of amides is 1.